The van der Waals surface area contributed by atoms with Gasteiger partial charge in [-0.1, -0.05) is 0 Å². The molecular weight excluding hydrogens is 257 g/mol. The smallest absolute Gasteiger partial charge is 0.340 e. The third-order valence-corrected chi connectivity index (χ3v) is 2.07. The van der Waals surface area contributed by atoms with E-state index in [-0.39, 0.29) is 5.75 Å². The fourth-order valence-electron chi connectivity index (χ4n) is 1.36. The van der Waals surface area contributed by atoms with Gasteiger partial charge >= 0.3 is 11.7 Å². The van der Waals surface area contributed by atoms with E-state index < -0.39 is 33.6 Å². The Bertz CT molecular complexity index is 522. The molecule has 0 N–H and O–H groups in total. The molecule has 0 saturated heterocycles. The van der Waals surface area contributed by atoms with Crippen LogP contribution in [0, 0.1) is 15.9 Å². The van der Waals surface area contributed by atoms with Crippen molar-refractivity contribution < 1.29 is 23.6 Å². The lowest BCUT2D eigenvalue weighted by atomic mass is 10.1. The molecular formula is C12H14FNO5. The molecule has 7 heteroatoms. The number of hydrogen-bond donors (Lipinski definition) is 0. The minimum Gasteiger partial charge on any atom is -0.481 e. The van der Waals surface area contributed by atoms with Gasteiger partial charge in [0.1, 0.15) is 11.4 Å². The first-order valence-corrected chi connectivity index (χ1v) is 5.41. The first-order chi connectivity index (χ1) is 8.65. The second kappa shape index (κ2) is 5.21. The number of halogens is 1. The summed E-state index contributed by atoms with van der Waals surface area (Å²) in [7, 11) is 1.09. The molecule has 0 amide bonds. The number of rotatable bonds is 3. The molecule has 0 atom stereocenters. The first kappa shape index (κ1) is 14.9. The molecule has 0 radical (unpaired) electrons. The Hall–Kier alpha value is -2.18. The zero-order valence-corrected chi connectivity index (χ0v) is 11.0. The van der Waals surface area contributed by atoms with Gasteiger partial charge in [-0.3, -0.25) is 10.1 Å². The number of hydrogen-bond acceptors (Lipinski definition) is 5. The molecule has 0 aliphatic carbocycles. The molecule has 1 aromatic carbocycles. The molecule has 0 spiro atoms. The lowest BCUT2D eigenvalue weighted by molar-refractivity contribution is -0.386. The maximum atomic E-state index is 13.6. The molecule has 0 unspecified atom stereocenters. The molecule has 0 aliphatic rings. The molecule has 0 aromatic heterocycles. The summed E-state index contributed by atoms with van der Waals surface area (Å²) < 4.78 is 23.4. The summed E-state index contributed by atoms with van der Waals surface area (Å²) in [6.45, 7) is 5.04. The standard InChI is InChI=1S/C12H14FNO5/c1-12(2,3)19-10-5-7(11(15)18-4)8(13)6-9(10)14(16)17/h5-6H,1-4H3. The van der Waals surface area contributed by atoms with Crippen LogP contribution in [0.1, 0.15) is 31.1 Å². The van der Waals surface area contributed by atoms with Gasteiger partial charge in [-0.25, -0.2) is 9.18 Å². The van der Waals surface area contributed by atoms with Crippen LogP contribution in [0.3, 0.4) is 0 Å². The molecule has 104 valence electrons. The monoisotopic (exact) mass is 271 g/mol. The van der Waals surface area contributed by atoms with Gasteiger partial charge in [-0.05, 0) is 20.8 Å². The van der Waals surface area contributed by atoms with E-state index >= 15 is 0 Å². The molecule has 0 heterocycles. The maximum Gasteiger partial charge on any atom is 0.340 e. The van der Waals surface area contributed by atoms with Crippen molar-refractivity contribution in [3.63, 3.8) is 0 Å². The molecule has 0 bridgehead atoms. The van der Waals surface area contributed by atoms with E-state index in [4.69, 9.17) is 4.74 Å². The summed E-state index contributed by atoms with van der Waals surface area (Å²) in [4.78, 5) is 21.4. The van der Waals surface area contributed by atoms with Crippen molar-refractivity contribution in [1.29, 1.82) is 0 Å². The summed E-state index contributed by atoms with van der Waals surface area (Å²) in [5.74, 6) is -2.13. The predicted octanol–water partition coefficient (Wildman–Crippen LogP) is 2.70. The zero-order valence-electron chi connectivity index (χ0n) is 11.0. The Morgan fingerprint density at radius 2 is 1.95 bits per heavy atom. The Labute approximate surface area is 109 Å². The van der Waals surface area contributed by atoms with Crippen LogP contribution in [0.15, 0.2) is 12.1 Å². The maximum absolute atomic E-state index is 13.6. The summed E-state index contributed by atoms with van der Waals surface area (Å²) >= 11 is 0. The van der Waals surface area contributed by atoms with Crippen LogP contribution < -0.4 is 4.74 Å². The largest absolute Gasteiger partial charge is 0.481 e. The fourth-order valence-corrected chi connectivity index (χ4v) is 1.36. The normalized spacial score (nSPS) is 11.0. The SMILES string of the molecule is COC(=O)c1cc(OC(C)(C)C)c([N+](=O)[O-])cc1F. The topological polar surface area (TPSA) is 78.7 Å². The van der Waals surface area contributed by atoms with Crippen LogP contribution in [0.2, 0.25) is 0 Å². The highest BCUT2D eigenvalue weighted by Crippen LogP contribution is 2.32. The molecule has 0 aliphatic heterocycles. The minimum absolute atomic E-state index is 0.181. The summed E-state index contributed by atoms with van der Waals surface area (Å²) in [5.41, 5.74) is -1.68. The zero-order chi connectivity index (χ0) is 14.8. The number of benzene rings is 1. The van der Waals surface area contributed by atoms with Crippen molar-refractivity contribution in [3.05, 3.63) is 33.6 Å². The lowest BCUT2D eigenvalue weighted by Gasteiger charge is -2.21. The van der Waals surface area contributed by atoms with Crippen LogP contribution in [0.5, 0.6) is 5.75 Å². The average molecular weight is 271 g/mol. The van der Waals surface area contributed by atoms with Gasteiger partial charge in [0.25, 0.3) is 0 Å². The van der Waals surface area contributed by atoms with Crippen molar-refractivity contribution >= 4 is 11.7 Å². The number of nitro benzene ring substituents is 1. The van der Waals surface area contributed by atoms with Gasteiger partial charge in [0.05, 0.1) is 23.7 Å². The molecule has 1 rings (SSSR count). The first-order valence-electron chi connectivity index (χ1n) is 5.41. The van der Waals surface area contributed by atoms with E-state index in [0.29, 0.717) is 6.07 Å². The van der Waals surface area contributed by atoms with E-state index in [0.717, 1.165) is 13.2 Å². The predicted molar refractivity (Wildman–Crippen MR) is 64.8 cm³/mol. The molecule has 1 aromatic rings. The average Bonchev–Trinajstić information content (AvgIpc) is 2.27. The second-order valence-corrected chi connectivity index (χ2v) is 4.76. The van der Waals surface area contributed by atoms with Crippen molar-refractivity contribution in [1.82, 2.24) is 0 Å². The third kappa shape index (κ3) is 3.64. The van der Waals surface area contributed by atoms with E-state index in [1.54, 1.807) is 20.8 Å². The Balaban J connectivity index is 3.39. The van der Waals surface area contributed by atoms with Gasteiger partial charge in [0, 0.05) is 6.07 Å². The van der Waals surface area contributed by atoms with E-state index in [9.17, 15) is 19.3 Å². The molecule has 0 saturated carbocycles. The number of carbonyl (C=O) groups excluding carboxylic acids is 1. The second-order valence-electron chi connectivity index (χ2n) is 4.76. The fraction of sp³-hybridized carbons (Fsp3) is 0.417. The van der Waals surface area contributed by atoms with Crippen molar-refractivity contribution in [2.45, 2.75) is 26.4 Å². The van der Waals surface area contributed by atoms with Gasteiger partial charge in [0.2, 0.25) is 0 Å². The minimum atomic E-state index is -1.03. The van der Waals surface area contributed by atoms with Crippen molar-refractivity contribution in [2.75, 3.05) is 7.11 Å². The summed E-state index contributed by atoms with van der Waals surface area (Å²) in [6, 6.07) is 1.62. The Morgan fingerprint density at radius 1 is 1.37 bits per heavy atom. The van der Waals surface area contributed by atoms with Crippen LogP contribution in [-0.2, 0) is 4.74 Å². The summed E-state index contributed by atoms with van der Waals surface area (Å²) in [6.07, 6.45) is 0. The number of methoxy groups -OCH3 is 1. The van der Waals surface area contributed by atoms with Gasteiger partial charge in [0.15, 0.2) is 5.75 Å². The quantitative estimate of drug-likeness (QED) is 0.479. The van der Waals surface area contributed by atoms with Gasteiger partial charge in [-0.2, -0.15) is 0 Å². The third-order valence-electron chi connectivity index (χ3n) is 2.07. The van der Waals surface area contributed by atoms with Crippen LogP contribution in [-0.4, -0.2) is 23.6 Å². The van der Waals surface area contributed by atoms with E-state index in [1.165, 1.54) is 0 Å². The van der Waals surface area contributed by atoms with Crippen LogP contribution >= 0.6 is 0 Å². The van der Waals surface area contributed by atoms with Crippen molar-refractivity contribution in [2.24, 2.45) is 0 Å². The van der Waals surface area contributed by atoms with Crippen molar-refractivity contribution in [3.8, 4) is 5.75 Å². The highest BCUT2D eigenvalue weighted by Gasteiger charge is 2.26. The van der Waals surface area contributed by atoms with E-state index in [1.807, 2.05) is 0 Å². The number of nitro groups is 1. The molecule has 0 fully saturated rings. The number of ether oxygens (including phenoxy) is 2. The summed E-state index contributed by atoms with van der Waals surface area (Å²) in [5, 5.41) is 10.9. The Morgan fingerprint density at radius 3 is 2.37 bits per heavy atom. The number of carbonyl (C=O) groups is 1. The molecule has 6 nitrogen and oxygen atoms in total. The van der Waals surface area contributed by atoms with Gasteiger partial charge < -0.3 is 9.47 Å². The van der Waals surface area contributed by atoms with Crippen LogP contribution in [0.4, 0.5) is 10.1 Å². The highest BCUT2D eigenvalue weighted by atomic mass is 19.1. The molecule has 19 heavy (non-hydrogen) atoms. The number of nitrogens with zero attached hydrogens (tertiary/aromatic N) is 1. The van der Waals surface area contributed by atoms with Gasteiger partial charge in [-0.15, -0.1) is 0 Å². The van der Waals surface area contributed by atoms with E-state index in [2.05, 4.69) is 4.74 Å². The number of esters is 1. The van der Waals surface area contributed by atoms with Crippen LogP contribution in [0.25, 0.3) is 0 Å². The lowest BCUT2D eigenvalue weighted by Crippen LogP contribution is -2.24. The highest BCUT2D eigenvalue weighted by molar-refractivity contribution is 5.90. The Kier molecular flexibility index (Phi) is 4.08.